The summed E-state index contributed by atoms with van der Waals surface area (Å²) in [5.41, 5.74) is 8.18. The van der Waals surface area contributed by atoms with E-state index in [1.54, 1.807) is 0 Å². The highest BCUT2D eigenvalue weighted by Gasteiger charge is 2.01. The van der Waals surface area contributed by atoms with Crippen LogP contribution in [-0.4, -0.2) is 0 Å². The van der Waals surface area contributed by atoms with E-state index in [0.717, 1.165) is 19.3 Å². The van der Waals surface area contributed by atoms with Gasteiger partial charge in [-0.25, -0.2) is 0 Å². The van der Waals surface area contributed by atoms with Crippen molar-refractivity contribution in [3.05, 3.63) is 143 Å². The minimum Gasteiger partial charge on any atom is -0.0622 e. The van der Waals surface area contributed by atoms with Crippen LogP contribution in [0.5, 0.6) is 0 Å². The standard InChI is InChI=1S/C27H24/c1-3-7-22(8-4-1)19-24-11-15-26(16-12-24)21-27-17-13-25(14-18-27)20-23-9-5-2-6-10-23/h1-18H,19-21H2. The van der Waals surface area contributed by atoms with E-state index in [-0.39, 0.29) is 0 Å². The van der Waals surface area contributed by atoms with E-state index in [2.05, 4.69) is 109 Å². The lowest BCUT2D eigenvalue weighted by Crippen LogP contribution is -1.92. The third kappa shape index (κ3) is 4.95. The molecule has 0 radical (unpaired) electrons. The van der Waals surface area contributed by atoms with Crippen molar-refractivity contribution in [3.8, 4) is 0 Å². The summed E-state index contributed by atoms with van der Waals surface area (Å²) in [6, 6.07) is 39.3. The molecule has 0 atom stereocenters. The van der Waals surface area contributed by atoms with E-state index in [1.807, 2.05) is 0 Å². The zero-order valence-corrected chi connectivity index (χ0v) is 15.5. The molecule has 0 aliphatic rings. The molecule has 0 amide bonds. The lowest BCUT2D eigenvalue weighted by atomic mass is 9.98. The maximum absolute atomic E-state index is 2.26. The molecular formula is C27H24. The first-order valence-corrected chi connectivity index (χ1v) is 9.59. The van der Waals surface area contributed by atoms with Crippen molar-refractivity contribution in [2.75, 3.05) is 0 Å². The Hall–Kier alpha value is -3.12. The van der Waals surface area contributed by atoms with Crippen molar-refractivity contribution in [1.82, 2.24) is 0 Å². The molecule has 132 valence electrons. The second-order valence-corrected chi connectivity index (χ2v) is 7.13. The highest BCUT2D eigenvalue weighted by molar-refractivity contribution is 5.34. The van der Waals surface area contributed by atoms with Crippen molar-refractivity contribution in [3.63, 3.8) is 0 Å². The van der Waals surface area contributed by atoms with Crippen LogP contribution in [0.25, 0.3) is 0 Å². The Balaban J connectivity index is 1.37. The molecular weight excluding hydrogens is 324 g/mol. The normalized spacial score (nSPS) is 10.7. The fraction of sp³-hybridized carbons (Fsp3) is 0.111. The highest BCUT2D eigenvalue weighted by atomic mass is 14.1. The number of hydrogen-bond acceptors (Lipinski definition) is 0. The monoisotopic (exact) mass is 348 g/mol. The maximum Gasteiger partial charge on any atom is -0.00258 e. The van der Waals surface area contributed by atoms with Gasteiger partial charge < -0.3 is 0 Å². The van der Waals surface area contributed by atoms with E-state index >= 15 is 0 Å². The Labute approximate surface area is 162 Å². The van der Waals surface area contributed by atoms with Crippen molar-refractivity contribution >= 4 is 0 Å². The summed E-state index contributed by atoms with van der Waals surface area (Å²) in [5.74, 6) is 0. The van der Waals surface area contributed by atoms with Gasteiger partial charge in [0, 0.05) is 0 Å². The van der Waals surface area contributed by atoms with Crippen molar-refractivity contribution in [1.29, 1.82) is 0 Å². The van der Waals surface area contributed by atoms with Gasteiger partial charge in [-0.2, -0.15) is 0 Å². The number of benzene rings is 4. The molecule has 4 rings (SSSR count). The van der Waals surface area contributed by atoms with Crippen molar-refractivity contribution in [2.45, 2.75) is 19.3 Å². The molecule has 0 bridgehead atoms. The number of rotatable bonds is 6. The zero-order chi connectivity index (χ0) is 18.3. The van der Waals surface area contributed by atoms with E-state index < -0.39 is 0 Å². The van der Waals surface area contributed by atoms with E-state index in [4.69, 9.17) is 0 Å². The average Bonchev–Trinajstić information content (AvgIpc) is 2.73. The van der Waals surface area contributed by atoms with Gasteiger partial charge in [-0.05, 0) is 52.6 Å². The Morgan fingerprint density at radius 2 is 0.481 bits per heavy atom. The third-order valence-electron chi connectivity index (χ3n) is 4.96. The predicted octanol–water partition coefficient (Wildman–Crippen LogP) is 6.46. The summed E-state index contributed by atoms with van der Waals surface area (Å²) < 4.78 is 0. The van der Waals surface area contributed by atoms with Gasteiger partial charge in [-0.3, -0.25) is 0 Å². The molecule has 0 aromatic heterocycles. The summed E-state index contributed by atoms with van der Waals surface area (Å²) >= 11 is 0. The molecule has 4 aromatic rings. The van der Waals surface area contributed by atoms with Crippen LogP contribution in [0.2, 0.25) is 0 Å². The first-order valence-electron chi connectivity index (χ1n) is 9.59. The smallest absolute Gasteiger partial charge is 0.00258 e. The van der Waals surface area contributed by atoms with Gasteiger partial charge in [-0.15, -0.1) is 0 Å². The van der Waals surface area contributed by atoms with Gasteiger partial charge in [0.05, 0.1) is 0 Å². The Morgan fingerprint density at radius 1 is 0.259 bits per heavy atom. The van der Waals surface area contributed by atoms with Crippen LogP contribution in [0.15, 0.2) is 109 Å². The quantitative estimate of drug-likeness (QED) is 0.375. The van der Waals surface area contributed by atoms with Crippen LogP contribution in [0.4, 0.5) is 0 Å². The van der Waals surface area contributed by atoms with E-state index in [1.165, 1.54) is 33.4 Å². The summed E-state index contributed by atoms with van der Waals surface area (Å²) in [5, 5.41) is 0. The lowest BCUT2D eigenvalue weighted by Gasteiger charge is -2.07. The van der Waals surface area contributed by atoms with Gasteiger partial charge in [-0.1, -0.05) is 109 Å². The summed E-state index contributed by atoms with van der Waals surface area (Å²) in [6.45, 7) is 0. The summed E-state index contributed by atoms with van der Waals surface area (Å²) in [6.07, 6.45) is 2.97. The highest BCUT2D eigenvalue weighted by Crippen LogP contribution is 2.16. The fourth-order valence-electron chi connectivity index (χ4n) is 3.45. The molecule has 0 heterocycles. The maximum atomic E-state index is 2.26. The minimum atomic E-state index is 0.983. The SMILES string of the molecule is c1ccc(Cc2ccc(Cc3ccc(Cc4ccccc4)cc3)cc2)cc1. The second kappa shape index (κ2) is 8.51. The molecule has 4 aromatic carbocycles. The van der Waals surface area contributed by atoms with Crippen LogP contribution in [0.3, 0.4) is 0 Å². The van der Waals surface area contributed by atoms with Gasteiger partial charge in [0.15, 0.2) is 0 Å². The zero-order valence-electron chi connectivity index (χ0n) is 15.5. The number of hydrogen-bond donors (Lipinski definition) is 0. The van der Waals surface area contributed by atoms with Crippen LogP contribution >= 0.6 is 0 Å². The molecule has 0 unspecified atom stereocenters. The van der Waals surface area contributed by atoms with Gasteiger partial charge >= 0.3 is 0 Å². The van der Waals surface area contributed by atoms with Crippen molar-refractivity contribution in [2.24, 2.45) is 0 Å². The molecule has 0 heteroatoms. The molecule has 0 saturated carbocycles. The third-order valence-corrected chi connectivity index (χ3v) is 4.96. The molecule has 0 fully saturated rings. The molecule has 0 nitrogen and oxygen atoms in total. The topological polar surface area (TPSA) is 0 Å². The first kappa shape index (κ1) is 17.3. The fourth-order valence-corrected chi connectivity index (χ4v) is 3.45. The van der Waals surface area contributed by atoms with Crippen LogP contribution in [-0.2, 0) is 19.3 Å². The molecule has 0 spiro atoms. The van der Waals surface area contributed by atoms with E-state index in [9.17, 15) is 0 Å². The minimum absolute atomic E-state index is 0.983. The summed E-state index contributed by atoms with van der Waals surface area (Å²) in [7, 11) is 0. The predicted molar refractivity (Wildman–Crippen MR) is 114 cm³/mol. The molecule has 0 aliphatic heterocycles. The largest absolute Gasteiger partial charge is 0.0622 e. The van der Waals surface area contributed by atoms with E-state index in [0.29, 0.717) is 0 Å². The van der Waals surface area contributed by atoms with Crippen molar-refractivity contribution < 1.29 is 0 Å². The molecule has 27 heavy (non-hydrogen) atoms. The molecule has 0 N–H and O–H groups in total. The van der Waals surface area contributed by atoms with Gasteiger partial charge in [0.2, 0.25) is 0 Å². The van der Waals surface area contributed by atoms with Crippen LogP contribution < -0.4 is 0 Å². The Bertz CT molecular complexity index is 867. The van der Waals surface area contributed by atoms with Crippen LogP contribution in [0.1, 0.15) is 33.4 Å². The van der Waals surface area contributed by atoms with Gasteiger partial charge in [0.1, 0.15) is 0 Å². The summed E-state index contributed by atoms with van der Waals surface area (Å²) in [4.78, 5) is 0. The molecule has 0 aliphatic carbocycles. The van der Waals surface area contributed by atoms with Gasteiger partial charge in [0.25, 0.3) is 0 Å². The first-order chi connectivity index (χ1) is 13.3. The lowest BCUT2D eigenvalue weighted by molar-refractivity contribution is 1.14. The Morgan fingerprint density at radius 3 is 0.741 bits per heavy atom. The Kier molecular flexibility index (Phi) is 5.45. The average molecular weight is 348 g/mol. The molecule has 0 saturated heterocycles. The second-order valence-electron chi connectivity index (χ2n) is 7.13. The van der Waals surface area contributed by atoms with Crippen LogP contribution in [0, 0.1) is 0 Å².